The first-order valence-electron chi connectivity index (χ1n) is 6.05. The molecular formula is C11H17N3O2S3. The molecule has 0 saturated carbocycles. The molecule has 1 aromatic heterocycles. The summed E-state index contributed by atoms with van der Waals surface area (Å²) in [4.78, 5) is 5.50. The monoisotopic (exact) mass is 319 g/mol. The van der Waals surface area contributed by atoms with Gasteiger partial charge in [0.2, 0.25) is 0 Å². The molecule has 8 heteroatoms. The molecule has 1 aliphatic heterocycles. The largest absolute Gasteiger partial charge is 0.362 e. The Balaban J connectivity index is 1.79. The third kappa shape index (κ3) is 4.12. The second-order valence-electron chi connectivity index (χ2n) is 4.76. The number of thiazole rings is 1. The molecule has 5 nitrogen and oxygen atoms in total. The quantitative estimate of drug-likeness (QED) is 0.823. The van der Waals surface area contributed by atoms with Crippen molar-refractivity contribution in [1.29, 1.82) is 0 Å². The lowest BCUT2D eigenvalue weighted by Crippen LogP contribution is -2.33. The summed E-state index contributed by atoms with van der Waals surface area (Å²) < 4.78 is 22.7. The summed E-state index contributed by atoms with van der Waals surface area (Å²) in [5.74, 6) is 0.715. The van der Waals surface area contributed by atoms with E-state index >= 15 is 0 Å². The second kappa shape index (κ2) is 5.72. The summed E-state index contributed by atoms with van der Waals surface area (Å²) in [7, 11) is -2.82. The summed E-state index contributed by atoms with van der Waals surface area (Å²) in [6.07, 6.45) is 0.716. The van der Waals surface area contributed by atoms with Crippen LogP contribution in [0.25, 0.3) is 0 Å². The van der Waals surface area contributed by atoms with Gasteiger partial charge < -0.3 is 10.6 Å². The maximum atomic E-state index is 11.3. The number of nitrogens with zero attached hydrogens (tertiary/aromatic N) is 1. The molecule has 2 N–H and O–H groups in total. The minimum absolute atomic E-state index is 0.157. The molecule has 1 aromatic rings. The second-order valence-corrected chi connectivity index (χ2v) is 8.60. The molecule has 1 fully saturated rings. The van der Waals surface area contributed by atoms with Crippen LogP contribution >= 0.6 is 23.6 Å². The van der Waals surface area contributed by atoms with E-state index in [1.165, 1.54) is 0 Å². The minimum atomic E-state index is -2.82. The fourth-order valence-electron chi connectivity index (χ4n) is 1.94. The van der Waals surface area contributed by atoms with E-state index in [0.717, 1.165) is 15.7 Å². The Hall–Kier alpha value is -0.730. The van der Waals surface area contributed by atoms with Crippen molar-refractivity contribution in [2.24, 2.45) is 5.92 Å². The van der Waals surface area contributed by atoms with Crippen LogP contribution < -0.4 is 10.6 Å². The number of anilines is 1. The third-order valence-electron chi connectivity index (χ3n) is 3.13. The van der Waals surface area contributed by atoms with Gasteiger partial charge in [0.05, 0.1) is 17.2 Å². The Morgan fingerprint density at radius 2 is 2.26 bits per heavy atom. The first-order chi connectivity index (χ1) is 8.85. The first kappa shape index (κ1) is 14.7. The van der Waals surface area contributed by atoms with Gasteiger partial charge in [-0.05, 0) is 38.4 Å². The van der Waals surface area contributed by atoms with Crippen molar-refractivity contribution in [2.45, 2.75) is 20.3 Å². The molecule has 2 rings (SSSR count). The van der Waals surface area contributed by atoms with E-state index in [9.17, 15) is 8.42 Å². The molecule has 2 heterocycles. The number of sulfone groups is 1. The lowest BCUT2D eigenvalue weighted by Gasteiger charge is -2.11. The molecule has 0 bridgehead atoms. The normalized spacial score (nSPS) is 21.3. The zero-order chi connectivity index (χ0) is 14.0. The number of aryl methyl sites for hydroxylation is 2. The average molecular weight is 319 g/mol. The number of hydrogen-bond donors (Lipinski definition) is 2. The van der Waals surface area contributed by atoms with Crippen molar-refractivity contribution >= 4 is 43.6 Å². The summed E-state index contributed by atoms with van der Waals surface area (Å²) in [5.41, 5.74) is 0.997. The summed E-state index contributed by atoms with van der Waals surface area (Å²) >= 11 is 6.73. The van der Waals surface area contributed by atoms with Crippen LogP contribution in [0.3, 0.4) is 0 Å². The van der Waals surface area contributed by atoms with E-state index in [-0.39, 0.29) is 11.7 Å². The topological polar surface area (TPSA) is 71.1 Å². The maximum Gasteiger partial charge on any atom is 0.189 e. The van der Waals surface area contributed by atoms with Crippen molar-refractivity contribution in [3.63, 3.8) is 0 Å². The van der Waals surface area contributed by atoms with Crippen LogP contribution in [0.15, 0.2) is 0 Å². The van der Waals surface area contributed by atoms with E-state index in [1.54, 1.807) is 11.3 Å². The Morgan fingerprint density at radius 3 is 2.79 bits per heavy atom. The molecule has 0 aliphatic carbocycles. The van der Waals surface area contributed by atoms with Gasteiger partial charge in [-0.3, -0.25) is 0 Å². The Bertz CT molecular complexity index is 561. The Morgan fingerprint density at radius 1 is 1.53 bits per heavy atom. The standard InChI is InChI=1S/C11H17N3O2S3/c1-7-8(2)18-11(13-7)14-10(17)12-5-9-3-4-19(15,16)6-9/h9H,3-6H2,1-2H3,(H2,12,13,14,17)/t9-/m1/s1. The predicted octanol–water partition coefficient (Wildman–Crippen LogP) is 1.48. The van der Waals surface area contributed by atoms with E-state index in [0.29, 0.717) is 23.8 Å². The molecule has 106 valence electrons. The van der Waals surface area contributed by atoms with Crippen molar-refractivity contribution < 1.29 is 8.42 Å². The molecule has 1 atom stereocenters. The summed E-state index contributed by atoms with van der Waals surface area (Å²) in [5, 5.41) is 7.36. The summed E-state index contributed by atoms with van der Waals surface area (Å²) in [6, 6.07) is 0. The van der Waals surface area contributed by atoms with Crippen molar-refractivity contribution in [3.05, 3.63) is 10.6 Å². The number of nitrogens with one attached hydrogen (secondary N) is 2. The van der Waals surface area contributed by atoms with Crippen LogP contribution in [0, 0.1) is 19.8 Å². The molecule has 19 heavy (non-hydrogen) atoms. The minimum Gasteiger partial charge on any atom is -0.362 e. The van der Waals surface area contributed by atoms with Crippen molar-refractivity contribution in [2.75, 3.05) is 23.4 Å². The smallest absolute Gasteiger partial charge is 0.189 e. The first-order valence-corrected chi connectivity index (χ1v) is 9.09. The average Bonchev–Trinajstić information content (AvgIpc) is 2.80. The van der Waals surface area contributed by atoms with Crippen LogP contribution in [0.2, 0.25) is 0 Å². The number of aromatic nitrogens is 1. The van der Waals surface area contributed by atoms with Crippen LogP contribution in [0.5, 0.6) is 0 Å². The van der Waals surface area contributed by atoms with E-state index in [2.05, 4.69) is 15.6 Å². The van der Waals surface area contributed by atoms with Gasteiger partial charge in [-0.1, -0.05) is 0 Å². The highest BCUT2D eigenvalue weighted by Crippen LogP contribution is 2.21. The molecule has 0 amide bonds. The molecular weight excluding hydrogens is 302 g/mol. The van der Waals surface area contributed by atoms with Gasteiger partial charge in [0, 0.05) is 11.4 Å². The Labute approximate surface area is 122 Å². The van der Waals surface area contributed by atoms with E-state index < -0.39 is 9.84 Å². The SMILES string of the molecule is Cc1nc(NC(=S)NC[C@H]2CCS(=O)(=O)C2)sc1C. The number of rotatable bonds is 3. The van der Waals surface area contributed by atoms with Crippen LogP contribution in [-0.4, -0.2) is 36.6 Å². The van der Waals surface area contributed by atoms with Gasteiger partial charge in [-0.2, -0.15) is 0 Å². The van der Waals surface area contributed by atoms with E-state index in [1.807, 2.05) is 13.8 Å². The fraction of sp³-hybridized carbons (Fsp3) is 0.636. The fourth-order valence-corrected chi connectivity index (χ4v) is 4.86. The molecule has 0 aromatic carbocycles. The van der Waals surface area contributed by atoms with Crippen LogP contribution in [0.4, 0.5) is 5.13 Å². The summed E-state index contributed by atoms with van der Waals surface area (Å²) in [6.45, 7) is 4.56. The molecule has 0 radical (unpaired) electrons. The molecule has 0 spiro atoms. The van der Waals surface area contributed by atoms with Gasteiger partial charge in [-0.25, -0.2) is 13.4 Å². The predicted molar refractivity (Wildman–Crippen MR) is 82.6 cm³/mol. The lowest BCUT2D eigenvalue weighted by atomic mass is 10.1. The molecule has 1 aliphatic rings. The maximum absolute atomic E-state index is 11.3. The van der Waals surface area contributed by atoms with Crippen molar-refractivity contribution in [1.82, 2.24) is 10.3 Å². The van der Waals surface area contributed by atoms with Gasteiger partial charge in [0.15, 0.2) is 20.1 Å². The molecule has 0 unspecified atom stereocenters. The highest BCUT2D eigenvalue weighted by atomic mass is 32.2. The van der Waals surface area contributed by atoms with Gasteiger partial charge in [0.25, 0.3) is 0 Å². The molecule has 1 saturated heterocycles. The highest BCUT2D eigenvalue weighted by Gasteiger charge is 2.27. The Kier molecular flexibility index (Phi) is 4.42. The van der Waals surface area contributed by atoms with E-state index in [4.69, 9.17) is 12.2 Å². The number of thiocarbonyl (C=S) groups is 1. The lowest BCUT2D eigenvalue weighted by molar-refractivity contribution is 0.574. The van der Waals surface area contributed by atoms with Gasteiger partial charge in [0.1, 0.15) is 0 Å². The highest BCUT2D eigenvalue weighted by molar-refractivity contribution is 7.91. The zero-order valence-corrected chi connectivity index (χ0v) is 13.3. The van der Waals surface area contributed by atoms with Gasteiger partial charge in [-0.15, -0.1) is 11.3 Å². The third-order valence-corrected chi connectivity index (χ3v) is 6.20. The zero-order valence-electron chi connectivity index (χ0n) is 10.9. The van der Waals surface area contributed by atoms with Gasteiger partial charge >= 0.3 is 0 Å². The van der Waals surface area contributed by atoms with Crippen LogP contribution in [0.1, 0.15) is 17.0 Å². The van der Waals surface area contributed by atoms with Crippen molar-refractivity contribution in [3.8, 4) is 0 Å². The van der Waals surface area contributed by atoms with Crippen LogP contribution in [-0.2, 0) is 9.84 Å². The number of hydrogen-bond acceptors (Lipinski definition) is 5.